The Morgan fingerprint density at radius 2 is 1.75 bits per heavy atom. The molecule has 28 heavy (non-hydrogen) atoms. The second-order valence-corrected chi connectivity index (χ2v) is 6.15. The molecule has 0 atom stereocenters. The largest absolute Gasteiger partial charge is 0.416 e. The Kier molecular flexibility index (Phi) is 5.90. The fourth-order valence-electron chi connectivity index (χ4n) is 2.74. The van der Waals surface area contributed by atoms with Crippen LogP contribution >= 0.6 is 0 Å². The van der Waals surface area contributed by atoms with Gasteiger partial charge in [0.15, 0.2) is 0 Å². The molecule has 0 saturated heterocycles. The monoisotopic (exact) mass is 382 g/mol. The van der Waals surface area contributed by atoms with E-state index in [1.807, 2.05) is 36.4 Å². The van der Waals surface area contributed by atoms with Gasteiger partial charge >= 0.3 is 6.18 Å². The van der Waals surface area contributed by atoms with Gasteiger partial charge in [-0.25, -0.2) is 9.97 Å². The molecule has 7 heteroatoms. The fraction of sp³-hybridized carbons (Fsp3) is 0.190. The maximum atomic E-state index is 13.0. The summed E-state index contributed by atoms with van der Waals surface area (Å²) in [6.07, 6.45) is -3.12. The highest BCUT2D eigenvalue weighted by Gasteiger charge is 2.30. The van der Waals surface area contributed by atoms with Gasteiger partial charge in [0.05, 0.1) is 11.3 Å². The lowest BCUT2D eigenvalue weighted by Gasteiger charge is -2.10. The highest BCUT2D eigenvalue weighted by atomic mass is 19.4. The molecule has 0 spiro atoms. The number of benzene rings is 2. The van der Waals surface area contributed by atoms with E-state index in [1.54, 1.807) is 12.1 Å². The van der Waals surface area contributed by atoms with E-state index in [1.165, 1.54) is 6.07 Å². The van der Waals surface area contributed by atoms with Gasteiger partial charge in [-0.2, -0.15) is 18.4 Å². The summed E-state index contributed by atoms with van der Waals surface area (Å²) in [7, 11) is 0. The standard InChI is InChI=1S/C21H17F3N4/c22-21(23,24)16-7-4-6-15(12-16)19-13-18(27-20(14-25)28-19)10-5-11-26-17-8-2-1-3-9-17/h1-4,6-9,12-13,26H,5,10-11H2. The van der Waals surface area contributed by atoms with Crippen LogP contribution in [0.5, 0.6) is 0 Å². The molecule has 1 N–H and O–H groups in total. The maximum absolute atomic E-state index is 13.0. The lowest BCUT2D eigenvalue weighted by molar-refractivity contribution is -0.137. The molecule has 2 aromatic carbocycles. The minimum absolute atomic E-state index is 0.0547. The maximum Gasteiger partial charge on any atom is 0.416 e. The van der Waals surface area contributed by atoms with E-state index in [9.17, 15) is 18.4 Å². The number of nitriles is 1. The SMILES string of the molecule is N#Cc1nc(CCCNc2ccccc2)cc(-c2cccc(C(F)(F)F)c2)n1. The van der Waals surface area contributed by atoms with Crippen LogP contribution in [0.25, 0.3) is 11.3 Å². The molecule has 142 valence electrons. The first-order valence-corrected chi connectivity index (χ1v) is 8.70. The van der Waals surface area contributed by atoms with Crippen molar-refractivity contribution in [1.82, 2.24) is 9.97 Å². The molecule has 1 heterocycles. The zero-order valence-electron chi connectivity index (χ0n) is 14.9. The molecule has 3 rings (SSSR count). The number of anilines is 1. The van der Waals surface area contributed by atoms with Crippen LogP contribution in [0.3, 0.4) is 0 Å². The Labute approximate surface area is 160 Å². The second kappa shape index (κ2) is 8.53. The van der Waals surface area contributed by atoms with Crippen molar-refractivity contribution in [3.63, 3.8) is 0 Å². The van der Waals surface area contributed by atoms with E-state index in [2.05, 4.69) is 15.3 Å². The Morgan fingerprint density at radius 1 is 0.964 bits per heavy atom. The fourth-order valence-corrected chi connectivity index (χ4v) is 2.74. The number of alkyl halides is 3. The minimum Gasteiger partial charge on any atom is -0.385 e. The number of nitrogens with one attached hydrogen (secondary N) is 1. The number of aromatic nitrogens is 2. The summed E-state index contributed by atoms with van der Waals surface area (Å²) in [6.45, 7) is 0.703. The summed E-state index contributed by atoms with van der Waals surface area (Å²) < 4.78 is 38.9. The molecule has 0 fully saturated rings. The van der Waals surface area contributed by atoms with Crippen LogP contribution in [-0.4, -0.2) is 16.5 Å². The number of nitrogens with zero attached hydrogens (tertiary/aromatic N) is 3. The molecule has 1 aromatic heterocycles. The molecular formula is C21H17F3N4. The van der Waals surface area contributed by atoms with Crippen molar-refractivity contribution in [2.24, 2.45) is 0 Å². The van der Waals surface area contributed by atoms with Gasteiger partial charge in [0.25, 0.3) is 0 Å². The molecule has 0 radical (unpaired) electrons. The van der Waals surface area contributed by atoms with E-state index in [-0.39, 0.29) is 5.82 Å². The summed E-state index contributed by atoms with van der Waals surface area (Å²) in [6, 6.07) is 18.2. The summed E-state index contributed by atoms with van der Waals surface area (Å²) in [4.78, 5) is 8.24. The van der Waals surface area contributed by atoms with Gasteiger partial charge in [-0.15, -0.1) is 0 Å². The minimum atomic E-state index is -4.44. The van der Waals surface area contributed by atoms with Crippen molar-refractivity contribution in [3.05, 3.63) is 77.7 Å². The van der Waals surface area contributed by atoms with Crippen LogP contribution in [0.4, 0.5) is 18.9 Å². The second-order valence-electron chi connectivity index (χ2n) is 6.15. The molecule has 0 saturated carbocycles. The van der Waals surface area contributed by atoms with Gasteiger partial charge < -0.3 is 5.32 Å². The van der Waals surface area contributed by atoms with E-state index in [0.29, 0.717) is 29.9 Å². The number of halogens is 3. The van der Waals surface area contributed by atoms with E-state index in [0.717, 1.165) is 24.2 Å². The molecule has 0 aliphatic carbocycles. The third kappa shape index (κ3) is 5.07. The number of hydrogen-bond acceptors (Lipinski definition) is 4. The van der Waals surface area contributed by atoms with Crippen LogP contribution in [-0.2, 0) is 12.6 Å². The molecule has 0 aliphatic heterocycles. The Hall–Kier alpha value is -3.40. The quantitative estimate of drug-likeness (QED) is 0.604. The van der Waals surface area contributed by atoms with Gasteiger partial charge in [0, 0.05) is 23.5 Å². The van der Waals surface area contributed by atoms with Gasteiger partial charge in [-0.05, 0) is 43.2 Å². The molecule has 0 unspecified atom stereocenters. The lowest BCUT2D eigenvalue weighted by atomic mass is 10.1. The molecule has 0 amide bonds. The highest BCUT2D eigenvalue weighted by Crippen LogP contribution is 2.31. The third-order valence-electron chi connectivity index (χ3n) is 4.08. The Morgan fingerprint density at radius 3 is 2.46 bits per heavy atom. The smallest absolute Gasteiger partial charge is 0.385 e. The van der Waals surface area contributed by atoms with Crippen LogP contribution < -0.4 is 5.32 Å². The van der Waals surface area contributed by atoms with Crippen molar-refractivity contribution < 1.29 is 13.2 Å². The Balaban J connectivity index is 1.74. The molecule has 0 bridgehead atoms. The predicted molar refractivity (Wildman–Crippen MR) is 100 cm³/mol. The van der Waals surface area contributed by atoms with Crippen LogP contribution in [0.1, 0.15) is 23.5 Å². The van der Waals surface area contributed by atoms with Crippen molar-refractivity contribution in [1.29, 1.82) is 5.26 Å². The molecular weight excluding hydrogens is 365 g/mol. The van der Waals surface area contributed by atoms with Crippen molar-refractivity contribution in [2.45, 2.75) is 19.0 Å². The third-order valence-corrected chi connectivity index (χ3v) is 4.08. The van der Waals surface area contributed by atoms with Crippen molar-refractivity contribution in [3.8, 4) is 17.3 Å². The first-order chi connectivity index (χ1) is 13.5. The normalized spacial score (nSPS) is 11.1. The predicted octanol–water partition coefficient (Wildman–Crippen LogP) is 5.08. The zero-order chi connectivity index (χ0) is 20.0. The molecule has 0 aliphatic rings. The Bertz CT molecular complexity index is 979. The molecule has 3 aromatic rings. The van der Waals surface area contributed by atoms with Crippen molar-refractivity contribution in [2.75, 3.05) is 11.9 Å². The summed E-state index contributed by atoms with van der Waals surface area (Å²) in [5.41, 5.74) is 1.48. The summed E-state index contributed by atoms with van der Waals surface area (Å²) in [5, 5.41) is 12.5. The van der Waals surface area contributed by atoms with E-state index in [4.69, 9.17) is 0 Å². The van der Waals surface area contributed by atoms with Crippen LogP contribution in [0.15, 0.2) is 60.7 Å². The highest BCUT2D eigenvalue weighted by molar-refractivity contribution is 5.61. The van der Waals surface area contributed by atoms with Crippen LogP contribution in [0.2, 0.25) is 0 Å². The van der Waals surface area contributed by atoms with Crippen LogP contribution in [0, 0.1) is 11.3 Å². The number of para-hydroxylation sites is 1. The zero-order valence-corrected chi connectivity index (χ0v) is 14.9. The van der Waals surface area contributed by atoms with Gasteiger partial charge in [0.2, 0.25) is 5.82 Å². The first-order valence-electron chi connectivity index (χ1n) is 8.70. The topological polar surface area (TPSA) is 61.6 Å². The summed E-state index contributed by atoms with van der Waals surface area (Å²) in [5.74, 6) is -0.0547. The van der Waals surface area contributed by atoms with E-state index < -0.39 is 11.7 Å². The van der Waals surface area contributed by atoms with Gasteiger partial charge in [-0.3, -0.25) is 0 Å². The average Bonchev–Trinajstić information content (AvgIpc) is 2.71. The lowest BCUT2D eigenvalue weighted by Crippen LogP contribution is -2.06. The number of rotatable bonds is 6. The number of aryl methyl sites for hydroxylation is 1. The van der Waals surface area contributed by atoms with Gasteiger partial charge in [0.1, 0.15) is 6.07 Å². The van der Waals surface area contributed by atoms with Crippen molar-refractivity contribution >= 4 is 5.69 Å². The molecule has 4 nitrogen and oxygen atoms in total. The summed E-state index contributed by atoms with van der Waals surface area (Å²) >= 11 is 0. The van der Waals surface area contributed by atoms with Gasteiger partial charge in [-0.1, -0.05) is 30.3 Å². The number of hydrogen-bond donors (Lipinski definition) is 1. The van der Waals surface area contributed by atoms with E-state index >= 15 is 0 Å². The average molecular weight is 382 g/mol. The first kappa shape index (κ1) is 19.4.